The van der Waals surface area contributed by atoms with E-state index in [0.29, 0.717) is 5.41 Å². The molecule has 3 atom stereocenters. The van der Waals surface area contributed by atoms with Gasteiger partial charge in [-0.2, -0.15) is 0 Å². The molecule has 1 aliphatic carbocycles. The second-order valence-corrected chi connectivity index (χ2v) is 5.22. The third-order valence-electron chi connectivity index (χ3n) is 3.51. The van der Waals surface area contributed by atoms with Crippen LogP contribution >= 0.6 is 0 Å². The smallest absolute Gasteiger partial charge is 0.0352 e. The zero-order valence-electron chi connectivity index (χ0n) is 8.65. The highest BCUT2D eigenvalue weighted by Crippen LogP contribution is 2.51. The summed E-state index contributed by atoms with van der Waals surface area (Å²) in [6.45, 7) is 11.8. The van der Waals surface area contributed by atoms with E-state index in [1.807, 2.05) is 0 Å². The molecule has 0 aromatic carbocycles. The first-order chi connectivity index (χ1) is 4.96. The SMILES string of the molecule is CCC1CC1C(C)C(C)(C)C. The normalized spacial score (nSPS) is 33.5. The second kappa shape index (κ2) is 2.80. The molecule has 0 aliphatic heterocycles. The first-order valence-electron chi connectivity index (χ1n) is 4.96. The molecule has 1 fully saturated rings. The Labute approximate surface area is 71.4 Å². The van der Waals surface area contributed by atoms with Crippen molar-refractivity contribution in [2.45, 2.75) is 47.5 Å². The summed E-state index contributed by atoms with van der Waals surface area (Å²) < 4.78 is 0. The fourth-order valence-corrected chi connectivity index (χ4v) is 2.00. The van der Waals surface area contributed by atoms with Crippen molar-refractivity contribution >= 4 is 0 Å². The molecule has 0 saturated heterocycles. The Kier molecular flexibility index (Phi) is 2.32. The highest BCUT2D eigenvalue weighted by Gasteiger charge is 2.43. The van der Waals surface area contributed by atoms with Gasteiger partial charge in [0.2, 0.25) is 0 Å². The molecule has 0 bridgehead atoms. The summed E-state index contributed by atoms with van der Waals surface area (Å²) in [5, 5.41) is 0. The Bertz CT molecular complexity index is 129. The lowest BCUT2D eigenvalue weighted by Crippen LogP contribution is -2.19. The van der Waals surface area contributed by atoms with Crippen molar-refractivity contribution in [3.8, 4) is 0 Å². The lowest BCUT2D eigenvalue weighted by Gasteiger charge is -2.27. The van der Waals surface area contributed by atoms with Gasteiger partial charge in [-0.05, 0) is 29.6 Å². The van der Waals surface area contributed by atoms with Crippen LogP contribution in [-0.4, -0.2) is 0 Å². The number of hydrogen-bond acceptors (Lipinski definition) is 0. The third-order valence-corrected chi connectivity index (χ3v) is 3.51. The molecule has 1 rings (SSSR count). The maximum absolute atomic E-state index is 2.42. The monoisotopic (exact) mass is 154 g/mol. The van der Waals surface area contributed by atoms with Crippen molar-refractivity contribution in [3.05, 3.63) is 0 Å². The van der Waals surface area contributed by atoms with Gasteiger partial charge in [0.05, 0.1) is 0 Å². The molecule has 0 heteroatoms. The molecule has 0 heterocycles. The van der Waals surface area contributed by atoms with Crippen molar-refractivity contribution in [2.24, 2.45) is 23.2 Å². The van der Waals surface area contributed by atoms with Crippen LogP contribution in [0.15, 0.2) is 0 Å². The van der Waals surface area contributed by atoms with Gasteiger partial charge in [-0.25, -0.2) is 0 Å². The fraction of sp³-hybridized carbons (Fsp3) is 1.00. The van der Waals surface area contributed by atoms with Gasteiger partial charge < -0.3 is 0 Å². The van der Waals surface area contributed by atoms with E-state index in [0.717, 1.165) is 17.8 Å². The predicted octanol–water partition coefficient (Wildman–Crippen LogP) is 3.71. The average Bonchev–Trinajstić information content (AvgIpc) is 2.62. The van der Waals surface area contributed by atoms with Crippen LogP contribution in [0.5, 0.6) is 0 Å². The van der Waals surface area contributed by atoms with Gasteiger partial charge in [-0.15, -0.1) is 0 Å². The second-order valence-electron chi connectivity index (χ2n) is 5.22. The zero-order chi connectivity index (χ0) is 8.65. The van der Waals surface area contributed by atoms with Crippen LogP contribution in [0.4, 0.5) is 0 Å². The topological polar surface area (TPSA) is 0 Å². The van der Waals surface area contributed by atoms with Gasteiger partial charge in [0.25, 0.3) is 0 Å². The van der Waals surface area contributed by atoms with Crippen LogP contribution in [0, 0.1) is 23.2 Å². The summed E-state index contributed by atoms with van der Waals surface area (Å²) in [5.41, 5.74) is 0.522. The minimum Gasteiger partial charge on any atom is -0.0651 e. The van der Waals surface area contributed by atoms with E-state index in [-0.39, 0.29) is 0 Å². The van der Waals surface area contributed by atoms with Crippen molar-refractivity contribution < 1.29 is 0 Å². The Morgan fingerprint density at radius 3 is 2.18 bits per heavy atom. The number of hydrogen-bond donors (Lipinski definition) is 0. The van der Waals surface area contributed by atoms with E-state index in [2.05, 4.69) is 34.6 Å². The molecule has 0 N–H and O–H groups in total. The van der Waals surface area contributed by atoms with Gasteiger partial charge in [0.1, 0.15) is 0 Å². The maximum Gasteiger partial charge on any atom is -0.0352 e. The minimum absolute atomic E-state index is 0.522. The van der Waals surface area contributed by atoms with Crippen molar-refractivity contribution in [1.82, 2.24) is 0 Å². The van der Waals surface area contributed by atoms with Crippen molar-refractivity contribution in [1.29, 1.82) is 0 Å². The molecule has 1 saturated carbocycles. The maximum atomic E-state index is 2.42. The summed E-state index contributed by atoms with van der Waals surface area (Å²) >= 11 is 0. The Hall–Kier alpha value is 0. The number of rotatable bonds is 2. The van der Waals surface area contributed by atoms with Gasteiger partial charge >= 0.3 is 0 Å². The molecule has 0 spiro atoms. The highest BCUT2D eigenvalue weighted by atomic mass is 14.5. The molecule has 0 aromatic rings. The van der Waals surface area contributed by atoms with Crippen LogP contribution in [0.25, 0.3) is 0 Å². The van der Waals surface area contributed by atoms with Gasteiger partial charge in [0.15, 0.2) is 0 Å². The Morgan fingerprint density at radius 1 is 1.36 bits per heavy atom. The van der Waals surface area contributed by atoms with E-state index >= 15 is 0 Å². The van der Waals surface area contributed by atoms with Crippen molar-refractivity contribution in [2.75, 3.05) is 0 Å². The molecule has 1 aliphatic rings. The summed E-state index contributed by atoms with van der Waals surface area (Å²) in [5.74, 6) is 3.01. The van der Waals surface area contributed by atoms with Crippen LogP contribution in [0.1, 0.15) is 47.5 Å². The highest BCUT2D eigenvalue weighted by molar-refractivity contribution is 4.92. The van der Waals surface area contributed by atoms with E-state index < -0.39 is 0 Å². The van der Waals surface area contributed by atoms with E-state index in [9.17, 15) is 0 Å². The quantitative estimate of drug-likeness (QED) is 0.568. The van der Waals surface area contributed by atoms with Gasteiger partial charge in [-0.1, -0.05) is 41.0 Å². The third kappa shape index (κ3) is 1.98. The van der Waals surface area contributed by atoms with Crippen LogP contribution in [-0.2, 0) is 0 Å². The van der Waals surface area contributed by atoms with Crippen LogP contribution < -0.4 is 0 Å². The van der Waals surface area contributed by atoms with E-state index in [1.54, 1.807) is 0 Å². The molecule has 0 nitrogen and oxygen atoms in total. The lowest BCUT2D eigenvalue weighted by atomic mass is 9.78. The predicted molar refractivity (Wildman–Crippen MR) is 50.5 cm³/mol. The summed E-state index contributed by atoms with van der Waals surface area (Å²) in [7, 11) is 0. The summed E-state index contributed by atoms with van der Waals surface area (Å²) in [6.07, 6.45) is 2.89. The Balaban J connectivity index is 2.39. The molecule has 11 heavy (non-hydrogen) atoms. The van der Waals surface area contributed by atoms with Crippen LogP contribution in [0.2, 0.25) is 0 Å². The minimum atomic E-state index is 0.522. The molecule has 0 radical (unpaired) electrons. The zero-order valence-corrected chi connectivity index (χ0v) is 8.65. The largest absolute Gasteiger partial charge is 0.0651 e. The molecule has 0 aromatic heterocycles. The molecule has 3 unspecified atom stereocenters. The first kappa shape index (κ1) is 9.09. The van der Waals surface area contributed by atoms with E-state index in [4.69, 9.17) is 0 Å². The molecular weight excluding hydrogens is 132 g/mol. The average molecular weight is 154 g/mol. The molecule has 0 amide bonds. The fourth-order valence-electron chi connectivity index (χ4n) is 2.00. The molecule has 66 valence electrons. The van der Waals surface area contributed by atoms with Gasteiger partial charge in [0, 0.05) is 0 Å². The summed E-state index contributed by atoms with van der Waals surface area (Å²) in [4.78, 5) is 0. The summed E-state index contributed by atoms with van der Waals surface area (Å²) in [6, 6.07) is 0. The standard InChI is InChI=1S/C11H22/c1-6-9-7-10(9)8(2)11(3,4)5/h8-10H,6-7H2,1-5H3. The lowest BCUT2D eigenvalue weighted by molar-refractivity contribution is 0.222. The first-order valence-corrected chi connectivity index (χ1v) is 4.96. The van der Waals surface area contributed by atoms with Crippen LogP contribution in [0.3, 0.4) is 0 Å². The van der Waals surface area contributed by atoms with Crippen molar-refractivity contribution in [3.63, 3.8) is 0 Å². The van der Waals surface area contributed by atoms with Gasteiger partial charge in [-0.3, -0.25) is 0 Å². The van der Waals surface area contributed by atoms with E-state index in [1.165, 1.54) is 12.8 Å². The Morgan fingerprint density at radius 2 is 1.91 bits per heavy atom. The molecular formula is C11H22.